The molecule has 0 atom stereocenters. The lowest BCUT2D eigenvalue weighted by Crippen LogP contribution is -2.40. The molecular formula is C15H17N3O. The fourth-order valence-electron chi connectivity index (χ4n) is 1.96. The van der Waals surface area contributed by atoms with E-state index in [-0.39, 0.29) is 5.91 Å². The van der Waals surface area contributed by atoms with Gasteiger partial charge in [-0.2, -0.15) is 10.5 Å². The molecule has 0 aromatic heterocycles. The molecule has 0 heterocycles. The number of benzene rings is 1. The Morgan fingerprint density at radius 2 is 1.74 bits per heavy atom. The number of hydrogen-bond donors (Lipinski definition) is 0. The molecule has 0 bridgehead atoms. The van der Waals surface area contributed by atoms with Crippen LogP contribution in [0.2, 0.25) is 0 Å². The molecule has 19 heavy (non-hydrogen) atoms. The molecule has 1 aromatic rings. The summed E-state index contributed by atoms with van der Waals surface area (Å²) < 4.78 is 0. The van der Waals surface area contributed by atoms with Gasteiger partial charge in [0, 0.05) is 12.7 Å². The molecule has 1 amide bonds. The highest BCUT2D eigenvalue weighted by Gasteiger charge is 2.37. The molecule has 98 valence electrons. The van der Waals surface area contributed by atoms with Gasteiger partial charge in [-0.15, -0.1) is 0 Å². The molecule has 0 unspecified atom stereocenters. The Bertz CT molecular complexity index is 530. The fourth-order valence-corrected chi connectivity index (χ4v) is 1.96. The van der Waals surface area contributed by atoms with Gasteiger partial charge in [-0.25, -0.2) is 0 Å². The number of nitriles is 2. The van der Waals surface area contributed by atoms with Crippen molar-refractivity contribution in [3.05, 3.63) is 29.8 Å². The summed E-state index contributed by atoms with van der Waals surface area (Å²) in [4.78, 5) is 13.9. The molecular weight excluding hydrogens is 238 g/mol. The van der Waals surface area contributed by atoms with E-state index in [2.05, 4.69) is 6.07 Å². The van der Waals surface area contributed by atoms with Gasteiger partial charge >= 0.3 is 0 Å². The highest BCUT2D eigenvalue weighted by Crippen LogP contribution is 2.29. The lowest BCUT2D eigenvalue weighted by molar-refractivity contribution is -0.125. The van der Waals surface area contributed by atoms with Crippen molar-refractivity contribution in [2.45, 2.75) is 26.7 Å². The van der Waals surface area contributed by atoms with Gasteiger partial charge in [-0.1, -0.05) is 13.8 Å². The van der Waals surface area contributed by atoms with Crippen LogP contribution >= 0.6 is 0 Å². The molecule has 0 radical (unpaired) electrons. The van der Waals surface area contributed by atoms with Gasteiger partial charge in [-0.05, 0) is 37.1 Å². The first kappa shape index (κ1) is 14.7. The van der Waals surface area contributed by atoms with E-state index in [1.807, 2.05) is 19.9 Å². The number of rotatable bonds is 4. The summed E-state index contributed by atoms with van der Waals surface area (Å²) in [5.41, 5.74) is 0.260. The number of anilines is 1. The van der Waals surface area contributed by atoms with Gasteiger partial charge in [0.1, 0.15) is 5.41 Å². The van der Waals surface area contributed by atoms with E-state index in [4.69, 9.17) is 5.26 Å². The van der Waals surface area contributed by atoms with E-state index in [0.717, 1.165) is 0 Å². The molecule has 1 rings (SSSR count). The average Bonchev–Trinajstić information content (AvgIpc) is 2.48. The molecule has 0 aliphatic carbocycles. The Morgan fingerprint density at radius 3 is 2.11 bits per heavy atom. The smallest absolute Gasteiger partial charge is 0.247 e. The fraction of sp³-hybridized carbons (Fsp3) is 0.400. The Kier molecular flexibility index (Phi) is 4.67. The molecule has 0 N–H and O–H groups in total. The van der Waals surface area contributed by atoms with Crippen molar-refractivity contribution >= 4 is 11.6 Å². The van der Waals surface area contributed by atoms with Crippen LogP contribution in [0.3, 0.4) is 0 Å². The third-order valence-corrected chi connectivity index (χ3v) is 3.52. The summed E-state index contributed by atoms with van der Waals surface area (Å²) in [6, 6.07) is 10.9. The summed E-state index contributed by atoms with van der Waals surface area (Å²) in [6.45, 7) is 3.69. The van der Waals surface area contributed by atoms with Crippen LogP contribution in [0.25, 0.3) is 0 Å². The van der Waals surface area contributed by atoms with Crippen molar-refractivity contribution in [1.82, 2.24) is 0 Å². The maximum Gasteiger partial charge on any atom is 0.247 e. The zero-order valence-electron chi connectivity index (χ0n) is 11.5. The van der Waals surface area contributed by atoms with Crippen LogP contribution in [0, 0.1) is 28.1 Å². The molecule has 0 fully saturated rings. The highest BCUT2D eigenvalue weighted by molar-refractivity contribution is 5.98. The molecule has 4 heteroatoms. The van der Waals surface area contributed by atoms with Crippen molar-refractivity contribution < 1.29 is 4.79 Å². The number of carbonyl (C=O) groups is 1. The van der Waals surface area contributed by atoms with Crippen molar-refractivity contribution in [3.8, 4) is 12.1 Å². The van der Waals surface area contributed by atoms with Gasteiger partial charge in [0.05, 0.1) is 17.7 Å². The van der Waals surface area contributed by atoms with Crippen LogP contribution < -0.4 is 4.90 Å². The zero-order chi connectivity index (χ0) is 14.5. The number of carbonyl (C=O) groups excluding carboxylic acids is 1. The molecule has 1 aromatic carbocycles. The number of hydrogen-bond acceptors (Lipinski definition) is 3. The standard InChI is InChI=1S/C15H17N3O/c1-4-15(5-2,11-17)14(19)18(3)13-8-6-12(10-16)7-9-13/h6-9H,4-5H2,1-3H3. The van der Waals surface area contributed by atoms with Gasteiger partial charge in [0.25, 0.3) is 0 Å². The molecule has 0 aliphatic rings. The van der Waals surface area contributed by atoms with E-state index in [0.29, 0.717) is 24.1 Å². The van der Waals surface area contributed by atoms with Gasteiger partial charge in [0.15, 0.2) is 0 Å². The van der Waals surface area contributed by atoms with Crippen LogP contribution in [0.5, 0.6) is 0 Å². The van der Waals surface area contributed by atoms with Crippen molar-refractivity contribution in [3.63, 3.8) is 0 Å². The maximum absolute atomic E-state index is 12.5. The summed E-state index contributed by atoms with van der Waals surface area (Å²) in [5, 5.41) is 18.0. The quantitative estimate of drug-likeness (QED) is 0.830. The van der Waals surface area contributed by atoms with E-state index in [9.17, 15) is 10.1 Å². The van der Waals surface area contributed by atoms with E-state index < -0.39 is 5.41 Å². The molecule has 0 aliphatic heterocycles. The first-order valence-corrected chi connectivity index (χ1v) is 6.24. The minimum atomic E-state index is -0.970. The van der Waals surface area contributed by atoms with Crippen LogP contribution in [-0.2, 0) is 4.79 Å². The monoisotopic (exact) mass is 255 g/mol. The minimum Gasteiger partial charge on any atom is -0.314 e. The van der Waals surface area contributed by atoms with Crippen molar-refractivity contribution in [2.24, 2.45) is 5.41 Å². The second kappa shape index (κ2) is 6.02. The predicted molar refractivity (Wildman–Crippen MR) is 73.2 cm³/mol. The Balaban J connectivity index is 3.05. The van der Waals surface area contributed by atoms with Crippen LogP contribution in [-0.4, -0.2) is 13.0 Å². The highest BCUT2D eigenvalue weighted by atomic mass is 16.2. The first-order valence-electron chi connectivity index (χ1n) is 6.24. The number of amides is 1. The molecule has 0 saturated heterocycles. The zero-order valence-corrected chi connectivity index (χ0v) is 11.5. The lowest BCUT2D eigenvalue weighted by Gasteiger charge is -2.28. The van der Waals surface area contributed by atoms with E-state index >= 15 is 0 Å². The van der Waals surface area contributed by atoms with E-state index in [1.54, 1.807) is 31.3 Å². The third kappa shape index (κ3) is 2.74. The molecule has 4 nitrogen and oxygen atoms in total. The second-order valence-electron chi connectivity index (χ2n) is 4.42. The summed E-state index contributed by atoms with van der Waals surface area (Å²) in [7, 11) is 1.65. The largest absolute Gasteiger partial charge is 0.314 e. The van der Waals surface area contributed by atoms with Crippen LogP contribution in [0.4, 0.5) is 5.69 Å². The maximum atomic E-state index is 12.5. The van der Waals surface area contributed by atoms with Gasteiger partial charge < -0.3 is 4.90 Å². The second-order valence-corrected chi connectivity index (χ2v) is 4.42. The minimum absolute atomic E-state index is 0.204. The summed E-state index contributed by atoms with van der Waals surface area (Å²) in [5.74, 6) is -0.204. The van der Waals surface area contributed by atoms with Crippen molar-refractivity contribution in [2.75, 3.05) is 11.9 Å². The first-order chi connectivity index (χ1) is 9.04. The van der Waals surface area contributed by atoms with Gasteiger partial charge in [-0.3, -0.25) is 4.79 Å². The normalized spacial score (nSPS) is 10.4. The Hall–Kier alpha value is -2.33. The lowest BCUT2D eigenvalue weighted by atomic mass is 9.82. The Labute approximate surface area is 113 Å². The van der Waals surface area contributed by atoms with Gasteiger partial charge in [0.2, 0.25) is 5.91 Å². The van der Waals surface area contributed by atoms with Crippen molar-refractivity contribution in [1.29, 1.82) is 10.5 Å². The SMILES string of the molecule is CCC(C#N)(CC)C(=O)N(C)c1ccc(C#N)cc1. The summed E-state index contributed by atoms with van der Waals surface area (Å²) in [6.07, 6.45) is 0.971. The molecule has 0 spiro atoms. The third-order valence-electron chi connectivity index (χ3n) is 3.52. The number of nitrogens with zero attached hydrogens (tertiary/aromatic N) is 3. The summed E-state index contributed by atoms with van der Waals surface area (Å²) >= 11 is 0. The van der Waals surface area contributed by atoms with Crippen LogP contribution in [0.1, 0.15) is 32.3 Å². The Morgan fingerprint density at radius 1 is 1.21 bits per heavy atom. The molecule has 0 saturated carbocycles. The van der Waals surface area contributed by atoms with E-state index in [1.165, 1.54) is 4.90 Å². The van der Waals surface area contributed by atoms with Crippen LogP contribution in [0.15, 0.2) is 24.3 Å². The predicted octanol–water partition coefficient (Wildman–Crippen LogP) is 2.85. The average molecular weight is 255 g/mol. The topological polar surface area (TPSA) is 67.9 Å².